The maximum absolute atomic E-state index is 12.0. The Hall–Kier alpha value is -2.88. The number of fused-ring (bicyclic) bond motifs is 1. The molecule has 1 aromatic heterocycles. The number of benzene rings is 2. The van der Waals surface area contributed by atoms with E-state index in [2.05, 4.69) is 4.98 Å². The Morgan fingerprint density at radius 2 is 1.87 bits per heavy atom. The number of rotatable bonds is 4. The molecule has 23 heavy (non-hydrogen) atoms. The number of hydrogen-bond acceptors (Lipinski definition) is 4. The molecule has 116 valence electrons. The molecule has 3 rings (SSSR count). The molecule has 0 spiro atoms. The number of carbonyl (C=O) groups excluding carboxylic acids is 1. The van der Waals surface area contributed by atoms with Crippen LogP contribution in [-0.4, -0.2) is 18.1 Å². The van der Waals surface area contributed by atoms with Crippen molar-refractivity contribution >= 4 is 16.9 Å². The van der Waals surface area contributed by atoms with E-state index >= 15 is 0 Å². The lowest BCUT2D eigenvalue weighted by molar-refractivity contribution is 0.0603. The molecule has 0 unspecified atom stereocenters. The Bertz CT molecular complexity index is 844. The molecule has 0 saturated heterocycles. The van der Waals surface area contributed by atoms with Crippen LogP contribution in [0.4, 0.5) is 0 Å². The zero-order valence-electron chi connectivity index (χ0n) is 13.1. The summed E-state index contributed by atoms with van der Waals surface area (Å²) < 4.78 is 10.7. The smallest absolute Gasteiger partial charge is 0.338 e. The lowest BCUT2D eigenvalue weighted by atomic mass is 10.1. The minimum absolute atomic E-state index is 0.374. The van der Waals surface area contributed by atoms with Crippen LogP contribution in [0.15, 0.2) is 54.6 Å². The molecular weight excluding hydrogens is 290 g/mol. The number of esters is 1. The Morgan fingerprint density at radius 1 is 1.09 bits per heavy atom. The van der Waals surface area contributed by atoms with Crippen LogP contribution in [0.3, 0.4) is 0 Å². The van der Waals surface area contributed by atoms with E-state index in [4.69, 9.17) is 9.47 Å². The monoisotopic (exact) mass is 307 g/mol. The topological polar surface area (TPSA) is 48.4 Å². The molecule has 0 aliphatic heterocycles. The minimum atomic E-state index is -0.374. The number of pyridine rings is 1. The first-order valence-electron chi connectivity index (χ1n) is 7.34. The quantitative estimate of drug-likeness (QED) is 0.686. The third kappa shape index (κ3) is 3.31. The first-order valence-corrected chi connectivity index (χ1v) is 7.34. The number of aromatic nitrogens is 1. The van der Waals surface area contributed by atoms with E-state index in [1.165, 1.54) is 7.11 Å². The second kappa shape index (κ2) is 6.48. The number of aryl methyl sites for hydroxylation is 1. The van der Waals surface area contributed by atoms with Crippen LogP contribution in [0.5, 0.6) is 5.75 Å². The van der Waals surface area contributed by atoms with Crippen molar-refractivity contribution in [2.45, 2.75) is 13.5 Å². The number of methoxy groups -OCH3 is 1. The number of ether oxygens (including phenoxy) is 2. The van der Waals surface area contributed by atoms with Crippen molar-refractivity contribution in [3.8, 4) is 5.75 Å². The maximum Gasteiger partial charge on any atom is 0.338 e. The van der Waals surface area contributed by atoms with Crippen LogP contribution in [0.25, 0.3) is 10.9 Å². The summed E-state index contributed by atoms with van der Waals surface area (Å²) in [6.45, 7) is 2.32. The van der Waals surface area contributed by atoms with E-state index in [-0.39, 0.29) is 5.97 Å². The standard InChI is InChI=1S/C19H17NO3/c1-13-10-17(19(21)22-2)16-11-15(8-9-18(16)20-13)23-12-14-6-4-3-5-7-14/h3-11H,12H2,1-2H3. The molecule has 0 aliphatic rings. The second-order valence-electron chi connectivity index (χ2n) is 5.26. The van der Waals surface area contributed by atoms with Crippen LogP contribution in [0, 0.1) is 6.92 Å². The van der Waals surface area contributed by atoms with Gasteiger partial charge in [0, 0.05) is 11.1 Å². The van der Waals surface area contributed by atoms with E-state index in [1.807, 2.05) is 55.5 Å². The highest BCUT2D eigenvalue weighted by molar-refractivity contribution is 6.03. The highest BCUT2D eigenvalue weighted by Crippen LogP contribution is 2.25. The summed E-state index contributed by atoms with van der Waals surface area (Å²) in [5, 5.41) is 0.730. The lowest BCUT2D eigenvalue weighted by Gasteiger charge is -2.10. The third-order valence-electron chi connectivity index (χ3n) is 3.56. The molecular formula is C19H17NO3. The highest BCUT2D eigenvalue weighted by Gasteiger charge is 2.13. The van der Waals surface area contributed by atoms with Crippen LogP contribution >= 0.6 is 0 Å². The summed E-state index contributed by atoms with van der Waals surface area (Å²) >= 11 is 0. The van der Waals surface area contributed by atoms with Crippen molar-refractivity contribution in [2.24, 2.45) is 0 Å². The fourth-order valence-electron chi connectivity index (χ4n) is 2.45. The average Bonchev–Trinajstić information content (AvgIpc) is 2.59. The Morgan fingerprint density at radius 3 is 2.61 bits per heavy atom. The SMILES string of the molecule is COC(=O)c1cc(C)nc2ccc(OCc3ccccc3)cc12. The third-order valence-corrected chi connectivity index (χ3v) is 3.56. The summed E-state index contributed by atoms with van der Waals surface area (Å²) in [5.41, 5.74) is 3.11. The Balaban J connectivity index is 1.94. The van der Waals surface area contributed by atoms with Crippen molar-refractivity contribution in [1.82, 2.24) is 4.98 Å². The largest absolute Gasteiger partial charge is 0.489 e. The Kier molecular flexibility index (Phi) is 4.24. The van der Waals surface area contributed by atoms with Crippen molar-refractivity contribution in [1.29, 1.82) is 0 Å². The van der Waals surface area contributed by atoms with E-state index in [1.54, 1.807) is 6.07 Å². The van der Waals surface area contributed by atoms with Gasteiger partial charge in [-0.15, -0.1) is 0 Å². The van der Waals surface area contributed by atoms with Crippen LogP contribution < -0.4 is 4.74 Å². The number of hydrogen-bond donors (Lipinski definition) is 0. The zero-order chi connectivity index (χ0) is 16.2. The van der Waals surface area contributed by atoms with Gasteiger partial charge in [0.1, 0.15) is 12.4 Å². The molecule has 0 aliphatic carbocycles. The predicted molar refractivity (Wildman–Crippen MR) is 88.6 cm³/mol. The first-order chi connectivity index (χ1) is 11.2. The van der Waals surface area contributed by atoms with Gasteiger partial charge in [0.2, 0.25) is 0 Å². The van der Waals surface area contributed by atoms with Gasteiger partial charge in [-0.05, 0) is 36.8 Å². The summed E-state index contributed by atoms with van der Waals surface area (Å²) in [6.07, 6.45) is 0. The van der Waals surface area contributed by atoms with Gasteiger partial charge in [-0.25, -0.2) is 4.79 Å². The minimum Gasteiger partial charge on any atom is -0.489 e. The summed E-state index contributed by atoms with van der Waals surface area (Å²) in [5.74, 6) is 0.317. The maximum atomic E-state index is 12.0. The molecule has 3 aromatic rings. The summed E-state index contributed by atoms with van der Waals surface area (Å²) in [4.78, 5) is 16.4. The molecule has 0 amide bonds. The Labute approximate surface area is 134 Å². The van der Waals surface area contributed by atoms with E-state index in [9.17, 15) is 4.79 Å². The van der Waals surface area contributed by atoms with Gasteiger partial charge in [-0.3, -0.25) is 4.98 Å². The van der Waals surface area contributed by atoms with E-state index < -0.39 is 0 Å². The summed E-state index contributed by atoms with van der Waals surface area (Å²) in [6, 6.07) is 17.2. The van der Waals surface area contributed by atoms with Crippen LogP contribution in [-0.2, 0) is 11.3 Å². The van der Waals surface area contributed by atoms with Gasteiger partial charge in [0.25, 0.3) is 0 Å². The molecule has 0 N–H and O–H groups in total. The highest BCUT2D eigenvalue weighted by atomic mass is 16.5. The zero-order valence-corrected chi connectivity index (χ0v) is 13.1. The first kappa shape index (κ1) is 15.0. The second-order valence-corrected chi connectivity index (χ2v) is 5.26. The van der Waals surface area contributed by atoms with Gasteiger partial charge in [-0.2, -0.15) is 0 Å². The van der Waals surface area contributed by atoms with Crippen LogP contribution in [0.1, 0.15) is 21.6 Å². The number of carbonyl (C=O) groups is 1. The molecule has 4 nitrogen and oxygen atoms in total. The normalized spacial score (nSPS) is 10.5. The molecule has 4 heteroatoms. The predicted octanol–water partition coefficient (Wildman–Crippen LogP) is 3.91. The van der Waals surface area contributed by atoms with Gasteiger partial charge in [0.05, 0.1) is 18.2 Å². The fraction of sp³-hybridized carbons (Fsp3) is 0.158. The van der Waals surface area contributed by atoms with Crippen molar-refractivity contribution in [3.05, 3.63) is 71.4 Å². The van der Waals surface area contributed by atoms with E-state index in [0.717, 1.165) is 22.2 Å². The molecule has 0 radical (unpaired) electrons. The average molecular weight is 307 g/mol. The van der Waals surface area contributed by atoms with Crippen molar-refractivity contribution < 1.29 is 14.3 Å². The molecule has 0 saturated carbocycles. The van der Waals surface area contributed by atoms with Crippen molar-refractivity contribution in [3.63, 3.8) is 0 Å². The van der Waals surface area contributed by atoms with Gasteiger partial charge in [-0.1, -0.05) is 30.3 Å². The van der Waals surface area contributed by atoms with E-state index in [0.29, 0.717) is 17.9 Å². The number of nitrogens with zero attached hydrogens (tertiary/aromatic N) is 1. The van der Waals surface area contributed by atoms with Crippen LogP contribution in [0.2, 0.25) is 0 Å². The summed E-state index contributed by atoms with van der Waals surface area (Å²) in [7, 11) is 1.37. The fourth-order valence-corrected chi connectivity index (χ4v) is 2.45. The molecule has 0 bridgehead atoms. The van der Waals surface area contributed by atoms with Gasteiger partial charge in [0.15, 0.2) is 0 Å². The lowest BCUT2D eigenvalue weighted by Crippen LogP contribution is -2.04. The van der Waals surface area contributed by atoms with Gasteiger partial charge < -0.3 is 9.47 Å². The molecule has 1 heterocycles. The molecule has 0 fully saturated rings. The molecule has 2 aromatic carbocycles. The van der Waals surface area contributed by atoms with Crippen molar-refractivity contribution in [2.75, 3.05) is 7.11 Å². The molecule has 0 atom stereocenters. The van der Waals surface area contributed by atoms with Gasteiger partial charge >= 0.3 is 5.97 Å².